The van der Waals surface area contributed by atoms with E-state index in [1.54, 1.807) is 32.0 Å². The van der Waals surface area contributed by atoms with Crippen LogP contribution in [0.4, 0.5) is 15.8 Å². The zero-order valence-electron chi connectivity index (χ0n) is 11.4. The summed E-state index contributed by atoms with van der Waals surface area (Å²) in [5.41, 5.74) is 7.01. The normalized spacial score (nSPS) is 11.4. The Morgan fingerprint density at radius 3 is 2.48 bits per heavy atom. The summed E-state index contributed by atoms with van der Waals surface area (Å²) in [5, 5.41) is 0. The van der Waals surface area contributed by atoms with Crippen molar-refractivity contribution in [2.45, 2.75) is 18.7 Å². The molecule has 21 heavy (non-hydrogen) atoms. The molecule has 0 fully saturated rings. The number of nitrogens with two attached hydrogens (primary N) is 1. The topological polar surface area (TPSA) is 72.2 Å². The molecule has 0 bridgehead atoms. The molecule has 0 heterocycles. The number of nitrogen functional groups attached to an aromatic ring is 1. The Morgan fingerprint density at radius 2 is 1.86 bits per heavy atom. The molecule has 0 atom stereocenters. The van der Waals surface area contributed by atoms with Crippen molar-refractivity contribution in [1.29, 1.82) is 0 Å². The third-order valence-electron chi connectivity index (χ3n) is 3.09. The van der Waals surface area contributed by atoms with Crippen LogP contribution in [-0.4, -0.2) is 8.42 Å². The number of anilines is 2. The predicted octanol–water partition coefficient (Wildman–Crippen LogP) is 3.59. The van der Waals surface area contributed by atoms with E-state index in [9.17, 15) is 12.8 Å². The number of hydrogen-bond donors (Lipinski definition) is 2. The van der Waals surface area contributed by atoms with Crippen molar-refractivity contribution in [1.82, 2.24) is 0 Å². The predicted molar refractivity (Wildman–Crippen MR) is 85.2 cm³/mol. The first-order chi connectivity index (χ1) is 9.72. The Hall–Kier alpha value is -1.60. The Morgan fingerprint density at radius 1 is 1.19 bits per heavy atom. The van der Waals surface area contributed by atoms with Crippen molar-refractivity contribution in [3.8, 4) is 0 Å². The van der Waals surface area contributed by atoms with E-state index < -0.39 is 15.8 Å². The number of hydrogen-bond acceptors (Lipinski definition) is 3. The monoisotopic (exact) mass is 372 g/mol. The van der Waals surface area contributed by atoms with Crippen LogP contribution >= 0.6 is 15.9 Å². The van der Waals surface area contributed by atoms with E-state index in [4.69, 9.17) is 5.73 Å². The molecular formula is C14H14BrFN2O2S. The summed E-state index contributed by atoms with van der Waals surface area (Å²) in [7, 11) is -3.92. The van der Waals surface area contributed by atoms with Gasteiger partial charge in [0.1, 0.15) is 5.82 Å². The van der Waals surface area contributed by atoms with E-state index in [0.717, 1.165) is 0 Å². The molecule has 0 aliphatic rings. The molecule has 2 aromatic carbocycles. The molecule has 0 amide bonds. The van der Waals surface area contributed by atoms with Crippen molar-refractivity contribution in [3.05, 3.63) is 51.7 Å². The Kier molecular flexibility index (Phi) is 4.25. The molecule has 0 aliphatic carbocycles. The molecular weight excluding hydrogens is 359 g/mol. The maximum Gasteiger partial charge on any atom is 0.262 e. The van der Waals surface area contributed by atoms with Crippen LogP contribution < -0.4 is 10.5 Å². The maximum absolute atomic E-state index is 13.8. The number of halogens is 2. The van der Waals surface area contributed by atoms with Gasteiger partial charge in [-0.05, 0) is 49.2 Å². The molecule has 2 rings (SSSR count). The van der Waals surface area contributed by atoms with Gasteiger partial charge in [0.25, 0.3) is 10.0 Å². The fourth-order valence-electron chi connectivity index (χ4n) is 2.02. The van der Waals surface area contributed by atoms with E-state index in [2.05, 4.69) is 20.7 Å². The number of sulfonamides is 1. The Labute approximate surface area is 131 Å². The maximum atomic E-state index is 13.8. The summed E-state index contributed by atoms with van der Waals surface area (Å²) >= 11 is 3.12. The van der Waals surface area contributed by atoms with Crippen LogP contribution in [0.2, 0.25) is 0 Å². The number of nitrogens with one attached hydrogen (secondary N) is 1. The minimum atomic E-state index is -3.92. The first kappa shape index (κ1) is 15.8. The van der Waals surface area contributed by atoms with Gasteiger partial charge in [-0.25, -0.2) is 12.8 Å². The smallest absolute Gasteiger partial charge is 0.262 e. The van der Waals surface area contributed by atoms with Gasteiger partial charge in [-0.15, -0.1) is 0 Å². The van der Waals surface area contributed by atoms with Gasteiger partial charge in [0.2, 0.25) is 0 Å². The van der Waals surface area contributed by atoms with Gasteiger partial charge in [0.15, 0.2) is 0 Å². The second-order valence-corrected chi connectivity index (χ2v) is 7.19. The van der Waals surface area contributed by atoms with Crippen LogP contribution in [0.25, 0.3) is 0 Å². The fourth-order valence-corrected chi connectivity index (χ4v) is 3.93. The summed E-state index contributed by atoms with van der Waals surface area (Å²) in [6.07, 6.45) is 0. The molecule has 3 N–H and O–H groups in total. The summed E-state index contributed by atoms with van der Waals surface area (Å²) in [6.45, 7) is 3.29. The number of aryl methyl sites for hydroxylation is 1. The zero-order chi connectivity index (χ0) is 15.8. The van der Waals surface area contributed by atoms with Gasteiger partial charge in [-0.1, -0.05) is 22.0 Å². The number of benzene rings is 2. The highest BCUT2D eigenvalue weighted by atomic mass is 79.9. The third kappa shape index (κ3) is 3.19. The van der Waals surface area contributed by atoms with Gasteiger partial charge in [-0.3, -0.25) is 4.72 Å². The fraction of sp³-hybridized carbons (Fsp3) is 0.143. The van der Waals surface area contributed by atoms with Gasteiger partial charge < -0.3 is 5.73 Å². The summed E-state index contributed by atoms with van der Waals surface area (Å²) < 4.78 is 41.6. The SMILES string of the molecule is Cc1ccc(N)c(C)c1S(=O)(=O)Nc1ccc(Br)cc1F. The highest BCUT2D eigenvalue weighted by Gasteiger charge is 2.22. The minimum Gasteiger partial charge on any atom is -0.398 e. The van der Waals surface area contributed by atoms with Crippen molar-refractivity contribution in [3.63, 3.8) is 0 Å². The average molecular weight is 373 g/mol. The lowest BCUT2D eigenvalue weighted by Gasteiger charge is -2.14. The van der Waals surface area contributed by atoms with Crippen molar-refractivity contribution in [2.75, 3.05) is 10.5 Å². The molecule has 2 aromatic rings. The third-order valence-corrected chi connectivity index (χ3v) is 5.24. The van der Waals surface area contributed by atoms with Gasteiger partial charge in [0, 0.05) is 10.2 Å². The van der Waals surface area contributed by atoms with Gasteiger partial charge >= 0.3 is 0 Å². The second kappa shape index (κ2) is 5.65. The van der Waals surface area contributed by atoms with Crippen LogP contribution in [0.3, 0.4) is 0 Å². The molecule has 0 spiro atoms. The van der Waals surface area contributed by atoms with Gasteiger partial charge in [-0.2, -0.15) is 0 Å². The van der Waals surface area contributed by atoms with Crippen molar-refractivity contribution in [2.24, 2.45) is 0 Å². The lowest BCUT2D eigenvalue weighted by atomic mass is 10.1. The second-order valence-electron chi connectivity index (χ2n) is 4.66. The molecule has 0 saturated heterocycles. The standard InChI is InChI=1S/C14H14BrFN2O2S/c1-8-3-5-12(17)9(2)14(8)21(19,20)18-13-6-4-10(15)7-11(13)16/h3-7,18H,17H2,1-2H3. The lowest BCUT2D eigenvalue weighted by molar-refractivity contribution is 0.597. The van der Waals surface area contributed by atoms with E-state index in [1.165, 1.54) is 12.1 Å². The summed E-state index contributed by atoms with van der Waals surface area (Å²) in [6, 6.07) is 7.36. The zero-order valence-corrected chi connectivity index (χ0v) is 13.8. The van der Waals surface area contributed by atoms with Gasteiger partial charge in [0.05, 0.1) is 10.6 Å². The van der Waals surface area contributed by atoms with Crippen molar-refractivity contribution >= 4 is 37.3 Å². The molecule has 7 heteroatoms. The molecule has 0 radical (unpaired) electrons. The van der Waals surface area contributed by atoms with E-state index in [0.29, 0.717) is 21.3 Å². The van der Waals surface area contributed by atoms with Crippen LogP contribution in [0.5, 0.6) is 0 Å². The number of rotatable bonds is 3. The van der Waals surface area contributed by atoms with Crippen LogP contribution in [-0.2, 0) is 10.0 Å². The largest absolute Gasteiger partial charge is 0.398 e. The minimum absolute atomic E-state index is 0.0739. The van der Waals surface area contributed by atoms with Crippen LogP contribution in [0.15, 0.2) is 39.7 Å². The highest BCUT2D eigenvalue weighted by Crippen LogP contribution is 2.28. The molecule has 0 aliphatic heterocycles. The first-order valence-corrected chi connectivity index (χ1v) is 8.33. The summed E-state index contributed by atoms with van der Waals surface area (Å²) in [4.78, 5) is 0.0739. The lowest BCUT2D eigenvalue weighted by Crippen LogP contribution is -2.17. The van der Waals surface area contributed by atoms with Crippen LogP contribution in [0, 0.1) is 19.7 Å². The molecule has 112 valence electrons. The molecule has 0 saturated carbocycles. The Bertz CT molecular complexity index is 807. The molecule has 0 aromatic heterocycles. The highest BCUT2D eigenvalue weighted by molar-refractivity contribution is 9.10. The Balaban J connectivity index is 2.51. The van der Waals surface area contributed by atoms with E-state index in [-0.39, 0.29) is 10.6 Å². The molecule has 0 unspecified atom stereocenters. The average Bonchev–Trinajstić information content (AvgIpc) is 2.37. The summed E-state index contributed by atoms with van der Waals surface area (Å²) in [5.74, 6) is -0.660. The van der Waals surface area contributed by atoms with E-state index >= 15 is 0 Å². The van der Waals surface area contributed by atoms with Crippen LogP contribution in [0.1, 0.15) is 11.1 Å². The van der Waals surface area contributed by atoms with Crippen molar-refractivity contribution < 1.29 is 12.8 Å². The first-order valence-electron chi connectivity index (χ1n) is 6.06. The van der Waals surface area contributed by atoms with E-state index in [1.807, 2.05) is 0 Å². The quantitative estimate of drug-likeness (QED) is 0.808. The molecule has 4 nitrogen and oxygen atoms in total.